The Labute approximate surface area is 126 Å². The summed E-state index contributed by atoms with van der Waals surface area (Å²) < 4.78 is 0. The van der Waals surface area contributed by atoms with E-state index in [9.17, 15) is 4.79 Å². The molecule has 4 atom stereocenters. The number of rotatable bonds is 1. The van der Waals surface area contributed by atoms with E-state index in [2.05, 4.69) is 9.88 Å². The smallest absolute Gasteiger partial charge is 0.254 e. The second-order valence-electron chi connectivity index (χ2n) is 7.53. The molecule has 3 heteroatoms. The molecular formula is C18H24N2O. The number of hydrogen-bond acceptors (Lipinski definition) is 2. The van der Waals surface area contributed by atoms with Gasteiger partial charge in [0.25, 0.3) is 5.91 Å². The summed E-state index contributed by atoms with van der Waals surface area (Å²) in [6.07, 6.45) is 6.60. The summed E-state index contributed by atoms with van der Waals surface area (Å²) >= 11 is 0. The summed E-state index contributed by atoms with van der Waals surface area (Å²) in [7, 11) is 0. The maximum atomic E-state index is 13.0. The van der Waals surface area contributed by atoms with Crippen LogP contribution >= 0.6 is 0 Å². The van der Waals surface area contributed by atoms with Crippen LogP contribution in [0.3, 0.4) is 0 Å². The number of aromatic nitrogens is 1. The van der Waals surface area contributed by atoms with E-state index >= 15 is 0 Å². The molecule has 1 aromatic rings. The number of fused-ring (bicyclic) bond motifs is 1. The molecule has 2 aliphatic heterocycles. The zero-order chi connectivity index (χ0) is 14.6. The Bertz CT molecular complexity index is 548. The van der Waals surface area contributed by atoms with Crippen LogP contribution in [-0.2, 0) is 0 Å². The van der Waals surface area contributed by atoms with Gasteiger partial charge in [-0.25, -0.2) is 0 Å². The third-order valence-electron chi connectivity index (χ3n) is 5.70. The topological polar surface area (TPSA) is 33.2 Å². The van der Waals surface area contributed by atoms with Crippen molar-refractivity contribution in [2.24, 2.45) is 17.8 Å². The molecule has 21 heavy (non-hydrogen) atoms. The lowest BCUT2D eigenvalue weighted by atomic mass is 9.68. The van der Waals surface area contributed by atoms with Crippen molar-refractivity contribution in [3.8, 4) is 0 Å². The Balaban J connectivity index is 1.64. The van der Waals surface area contributed by atoms with Gasteiger partial charge in [0.2, 0.25) is 0 Å². The Kier molecular flexibility index (Phi) is 3.05. The number of carbonyl (C=O) groups excluding carboxylic acids is 1. The van der Waals surface area contributed by atoms with Gasteiger partial charge in [-0.1, -0.05) is 0 Å². The predicted octanol–water partition coefficient (Wildman–Crippen LogP) is 3.35. The SMILES string of the molecule is Cc1cc(C(=O)N2CC3C[C@@H]4CC2C[C@H](C3)C4)cc(C)n1. The minimum Gasteiger partial charge on any atom is -0.335 e. The van der Waals surface area contributed by atoms with E-state index in [1.165, 1.54) is 32.1 Å². The van der Waals surface area contributed by atoms with Gasteiger partial charge in [-0.3, -0.25) is 9.78 Å². The van der Waals surface area contributed by atoms with Crippen LogP contribution in [-0.4, -0.2) is 28.4 Å². The quantitative estimate of drug-likeness (QED) is 0.792. The summed E-state index contributed by atoms with van der Waals surface area (Å²) in [4.78, 5) is 19.6. The van der Waals surface area contributed by atoms with Crippen LogP contribution in [0.15, 0.2) is 12.1 Å². The summed E-state index contributed by atoms with van der Waals surface area (Å²) in [6.45, 7) is 4.93. The van der Waals surface area contributed by atoms with Crippen molar-refractivity contribution in [1.82, 2.24) is 9.88 Å². The fourth-order valence-corrected chi connectivity index (χ4v) is 5.16. The van der Waals surface area contributed by atoms with E-state index in [4.69, 9.17) is 0 Å². The monoisotopic (exact) mass is 284 g/mol. The maximum Gasteiger partial charge on any atom is 0.254 e. The van der Waals surface area contributed by atoms with Gasteiger partial charge in [0.1, 0.15) is 0 Å². The molecule has 5 rings (SSSR count). The average Bonchev–Trinajstić information content (AvgIpc) is 2.61. The molecule has 4 bridgehead atoms. The second-order valence-corrected chi connectivity index (χ2v) is 7.53. The van der Waals surface area contributed by atoms with Crippen molar-refractivity contribution in [2.45, 2.75) is 52.0 Å². The van der Waals surface area contributed by atoms with Gasteiger partial charge in [-0.2, -0.15) is 0 Å². The first kappa shape index (κ1) is 13.3. The standard InChI is InChI=1S/C18H24N2O/c1-11-3-16(4-12(2)19-11)18(21)20-10-15-6-13-5-14(7-15)9-17(20)8-13/h3-4,13-15,17H,5-10H2,1-2H3/t13-,14+,15?,17?. The minimum atomic E-state index is 0.238. The lowest BCUT2D eigenvalue weighted by Gasteiger charge is -2.39. The summed E-state index contributed by atoms with van der Waals surface area (Å²) in [6, 6.07) is 4.39. The Morgan fingerprint density at radius 1 is 1.00 bits per heavy atom. The first-order valence-corrected chi connectivity index (χ1v) is 8.34. The highest BCUT2D eigenvalue weighted by Gasteiger charge is 2.44. The molecule has 4 aliphatic rings. The summed E-state index contributed by atoms with van der Waals surface area (Å²) in [5.74, 6) is 2.74. The maximum absolute atomic E-state index is 13.0. The van der Waals surface area contributed by atoms with Crippen molar-refractivity contribution in [1.29, 1.82) is 0 Å². The molecule has 2 saturated heterocycles. The van der Waals surface area contributed by atoms with Crippen LogP contribution in [0.2, 0.25) is 0 Å². The zero-order valence-corrected chi connectivity index (χ0v) is 13.0. The molecule has 0 aromatic carbocycles. The highest BCUT2D eigenvalue weighted by molar-refractivity contribution is 5.94. The van der Waals surface area contributed by atoms with Crippen LogP contribution in [0.4, 0.5) is 0 Å². The number of carbonyl (C=O) groups is 1. The summed E-state index contributed by atoms with van der Waals surface area (Å²) in [5, 5.41) is 0. The molecule has 3 heterocycles. The first-order chi connectivity index (χ1) is 10.1. The molecule has 1 aromatic heterocycles. The van der Waals surface area contributed by atoms with E-state index in [0.29, 0.717) is 6.04 Å². The van der Waals surface area contributed by atoms with E-state index < -0.39 is 0 Å². The number of nitrogens with zero attached hydrogens (tertiary/aromatic N) is 2. The Morgan fingerprint density at radius 2 is 1.57 bits per heavy atom. The molecule has 4 fully saturated rings. The Morgan fingerprint density at radius 3 is 2.19 bits per heavy atom. The average molecular weight is 284 g/mol. The fraction of sp³-hybridized carbons (Fsp3) is 0.667. The largest absolute Gasteiger partial charge is 0.335 e. The molecule has 0 spiro atoms. The van der Waals surface area contributed by atoms with Crippen LogP contribution in [0.5, 0.6) is 0 Å². The van der Waals surface area contributed by atoms with Crippen LogP contribution in [0, 0.1) is 31.6 Å². The third kappa shape index (κ3) is 2.37. The second kappa shape index (κ2) is 4.82. The van der Waals surface area contributed by atoms with Crippen LogP contribution in [0.1, 0.15) is 53.8 Å². The summed E-state index contributed by atoms with van der Waals surface area (Å²) in [5.41, 5.74) is 2.72. The van der Waals surface area contributed by atoms with E-state index in [1.54, 1.807) is 0 Å². The van der Waals surface area contributed by atoms with Crippen molar-refractivity contribution >= 4 is 5.91 Å². The predicted molar refractivity (Wildman–Crippen MR) is 82.1 cm³/mol. The van der Waals surface area contributed by atoms with Gasteiger partial charge in [-0.05, 0) is 75.8 Å². The Hall–Kier alpha value is -1.38. The molecule has 1 amide bonds. The van der Waals surface area contributed by atoms with Gasteiger partial charge >= 0.3 is 0 Å². The lowest BCUT2D eigenvalue weighted by Crippen LogP contribution is -2.42. The van der Waals surface area contributed by atoms with Gasteiger partial charge < -0.3 is 4.90 Å². The molecule has 2 saturated carbocycles. The van der Waals surface area contributed by atoms with Gasteiger partial charge in [0, 0.05) is 29.5 Å². The third-order valence-corrected chi connectivity index (χ3v) is 5.70. The van der Waals surface area contributed by atoms with Gasteiger partial charge in [0.05, 0.1) is 0 Å². The van der Waals surface area contributed by atoms with E-state index in [-0.39, 0.29) is 5.91 Å². The van der Waals surface area contributed by atoms with Gasteiger partial charge in [0.15, 0.2) is 0 Å². The molecule has 2 aliphatic carbocycles. The van der Waals surface area contributed by atoms with Crippen molar-refractivity contribution in [2.75, 3.05) is 6.54 Å². The normalized spacial score (nSPS) is 34.1. The molecule has 3 nitrogen and oxygen atoms in total. The molecular weight excluding hydrogens is 260 g/mol. The fourth-order valence-electron chi connectivity index (χ4n) is 5.16. The van der Waals surface area contributed by atoms with Crippen molar-refractivity contribution in [3.63, 3.8) is 0 Å². The highest BCUT2D eigenvalue weighted by atomic mass is 16.2. The number of pyridine rings is 1. The zero-order valence-electron chi connectivity index (χ0n) is 13.0. The van der Waals surface area contributed by atoms with Crippen molar-refractivity contribution < 1.29 is 4.79 Å². The highest BCUT2D eigenvalue weighted by Crippen LogP contribution is 2.47. The van der Waals surface area contributed by atoms with Crippen molar-refractivity contribution in [3.05, 3.63) is 29.1 Å². The molecule has 0 radical (unpaired) electrons. The van der Waals surface area contributed by atoms with E-state index in [1.807, 2.05) is 26.0 Å². The number of aryl methyl sites for hydroxylation is 2. The van der Waals surface area contributed by atoms with Crippen LogP contribution < -0.4 is 0 Å². The number of hydrogen-bond donors (Lipinski definition) is 0. The van der Waals surface area contributed by atoms with E-state index in [0.717, 1.165) is 41.2 Å². The molecule has 112 valence electrons. The van der Waals surface area contributed by atoms with Crippen LogP contribution in [0.25, 0.3) is 0 Å². The minimum absolute atomic E-state index is 0.238. The number of amides is 1. The lowest BCUT2D eigenvalue weighted by molar-refractivity contribution is 0.0632. The van der Waals surface area contributed by atoms with Gasteiger partial charge in [-0.15, -0.1) is 0 Å². The molecule has 0 N–H and O–H groups in total. The first-order valence-electron chi connectivity index (χ1n) is 8.34. The molecule has 2 unspecified atom stereocenters.